The Hall–Kier alpha value is -1.01. The smallest absolute Gasteiger partial charge is 0.267 e. The van der Waals surface area contributed by atoms with Gasteiger partial charge in [0.25, 0.3) is 15.0 Å². The van der Waals surface area contributed by atoms with Crippen LogP contribution in [0.5, 0.6) is 0 Å². The molecular weight excluding hydrogens is 264 g/mol. The van der Waals surface area contributed by atoms with Crippen LogP contribution >= 0.6 is 10.7 Å². The molecule has 2 N–H and O–H groups in total. The van der Waals surface area contributed by atoms with E-state index in [0.29, 0.717) is 12.5 Å². The summed E-state index contributed by atoms with van der Waals surface area (Å²) in [5, 5.41) is 2.71. The van der Waals surface area contributed by atoms with Gasteiger partial charge >= 0.3 is 0 Å². The SMILES string of the molecule is CCC(C)CNC(=O)c1cc(S(=O)(=O)Cl)c[nH]1. The number of carbonyl (C=O) groups excluding carboxylic acids is 1. The van der Waals surface area contributed by atoms with E-state index in [1.165, 1.54) is 12.3 Å². The quantitative estimate of drug-likeness (QED) is 0.805. The zero-order valence-corrected chi connectivity index (χ0v) is 11.2. The number of aromatic nitrogens is 1. The van der Waals surface area contributed by atoms with Gasteiger partial charge in [-0.1, -0.05) is 20.3 Å². The summed E-state index contributed by atoms with van der Waals surface area (Å²) in [4.78, 5) is 14.1. The Morgan fingerprint density at radius 2 is 2.24 bits per heavy atom. The van der Waals surface area contributed by atoms with Crippen LogP contribution < -0.4 is 5.32 Å². The van der Waals surface area contributed by atoms with Crippen molar-refractivity contribution in [1.82, 2.24) is 10.3 Å². The van der Waals surface area contributed by atoms with Gasteiger partial charge in [0.05, 0.1) is 0 Å². The molecule has 0 aliphatic rings. The van der Waals surface area contributed by atoms with Gasteiger partial charge in [0.15, 0.2) is 0 Å². The van der Waals surface area contributed by atoms with E-state index in [2.05, 4.69) is 10.3 Å². The number of hydrogen-bond donors (Lipinski definition) is 2. The van der Waals surface area contributed by atoms with Gasteiger partial charge in [-0.05, 0) is 12.0 Å². The molecule has 5 nitrogen and oxygen atoms in total. The van der Waals surface area contributed by atoms with Gasteiger partial charge in [0, 0.05) is 23.4 Å². The predicted octanol–water partition coefficient (Wildman–Crippen LogP) is 1.72. The molecule has 7 heteroatoms. The molecule has 1 unspecified atom stereocenters. The second kappa shape index (κ2) is 5.55. The van der Waals surface area contributed by atoms with E-state index in [0.717, 1.165) is 6.42 Å². The summed E-state index contributed by atoms with van der Waals surface area (Å²) in [5.41, 5.74) is 0.188. The van der Waals surface area contributed by atoms with E-state index in [-0.39, 0.29) is 16.5 Å². The molecule has 1 aromatic rings. The van der Waals surface area contributed by atoms with Crippen LogP contribution in [0.1, 0.15) is 30.8 Å². The van der Waals surface area contributed by atoms with E-state index >= 15 is 0 Å². The Bertz CT molecular complexity index is 495. The second-order valence-electron chi connectivity index (χ2n) is 3.91. The third-order valence-corrected chi connectivity index (χ3v) is 3.82. The van der Waals surface area contributed by atoms with E-state index in [4.69, 9.17) is 10.7 Å². The van der Waals surface area contributed by atoms with Gasteiger partial charge in [0.1, 0.15) is 10.6 Å². The third kappa shape index (κ3) is 4.05. The summed E-state index contributed by atoms with van der Waals surface area (Å²) in [6.45, 7) is 4.60. The molecule has 1 rings (SSSR count). The lowest BCUT2D eigenvalue weighted by Gasteiger charge is -2.08. The number of rotatable bonds is 5. The van der Waals surface area contributed by atoms with Crippen molar-refractivity contribution in [2.45, 2.75) is 25.2 Å². The zero-order valence-electron chi connectivity index (χ0n) is 9.66. The highest BCUT2D eigenvalue weighted by atomic mass is 35.7. The molecule has 0 aromatic carbocycles. The highest BCUT2D eigenvalue weighted by Gasteiger charge is 2.15. The Morgan fingerprint density at radius 1 is 1.59 bits per heavy atom. The largest absolute Gasteiger partial charge is 0.356 e. The molecule has 17 heavy (non-hydrogen) atoms. The molecule has 0 aliphatic carbocycles. The van der Waals surface area contributed by atoms with E-state index in [9.17, 15) is 13.2 Å². The molecular formula is C10H15ClN2O3S. The fourth-order valence-electron chi connectivity index (χ4n) is 1.15. The normalized spacial score (nSPS) is 13.4. The van der Waals surface area contributed by atoms with Gasteiger partial charge < -0.3 is 10.3 Å². The van der Waals surface area contributed by atoms with E-state index in [1.54, 1.807) is 0 Å². The van der Waals surface area contributed by atoms with Crippen LogP contribution in [0.4, 0.5) is 0 Å². The Kier molecular flexibility index (Phi) is 4.59. The first-order valence-corrected chi connectivity index (χ1v) is 7.56. The molecule has 0 fully saturated rings. The van der Waals surface area contributed by atoms with Crippen molar-refractivity contribution in [3.63, 3.8) is 0 Å². The maximum atomic E-state index is 11.6. The Morgan fingerprint density at radius 3 is 2.71 bits per heavy atom. The van der Waals surface area contributed by atoms with Gasteiger partial charge in [-0.2, -0.15) is 0 Å². The van der Waals surface area contributed by atoms with Crippen LogP contribution in [-0.2, 0) is 9.05 Å². The lowest BCUT2D eigenvalue weighted by atomic mass is 10.1. The van der Waals surface area contributed by atoms with Crippen molar-refractivity contribution < 1.29 is 13.2 Å². The molecule has 0 aliphatic heterocycles. The molecule has 1 amide bonds. The molecule has 0 spiro atoms. The number of aromatic amines is 1. The minimum Gasteiger partial charge on any atom is -0.356 e. The van der Waals surface area contributed by atoms with E-state index < -0.39 is 9.05 Å². The first-order valence-electron chi connectivity index (χ1n) is 5.26. The number of carbonyl (C=O) groups is 1. The molecule has 1 atom stereocenters. The summed E-state index contributed by atoms with van der Waals surface area (Å²) in [7, 11) is 1.36. The lowest BCUT2D eigenvalue weighted by Crippen LogP contribution is -2.28. The number of hydrogen-bond acceptors (Lipinski definition) is 3. The minimum atomic E-state index is -3.79. The van der Waals surface area contributed by atoms with Crippen molar-refractivity contribution in [2.75, 3.05) is 6.54 Å². The summed E-state index contributed by atoms with van der Waals surface area (Å²) in [6.07, 6.45) is 2.16. The van der Waals surface area contributed by atoms with Gasteiger partial charge in [-0.15, -0.1) is 0 Å². The Balaban J connectivity index is 2.68. The van der Waals surface area contributed by atoms with Gasteiger partial charge in [-0.3, -0.25) is 4.79 Å². The lowest BCUT2D eigenvalue weighted by molar-refractivity contribution is 0.0943. The standard InChI is InChI=1S/C10H15ClN2O3S/c1-3-7(2)5-13-10(14)9-4-8(6-12-9)17(11,15)16/h4,6-7,12H,3,5H2,1-2H3,(H,13,14). The number of H-pyrrole nitrogens is 1. The number of nitrogens with one attached hydrogen (secondary N) is 2. The zero-order chi connectivity index (χ0) is 13.1. The van der Waals surface area contributed by atoms with Crippen LogP contribution in [0.2, 0.25) is 0 Å². The topological polar surface area (TPSA) is 79.0 Å². The van der Waals surface area contributed by atoms with Crippen LogP contribution in [0, 0.1) is 5.92 Å². The predicted molar refractivity (Wildman–Crippen MR) is 65.6 cm³/mol. The Labute approximate surface area is 105 Å². The fraction of sp³-hybridized carbons (Fsp3) is 0.500. The average molecular weight is 279 g/mol. The third-order valence-electron chi connectivity index (χ3n) is 2.49. The van der Waals surface area contributed by atoms with Gasteiger partial charge in [0.2, 0.25) is 0 Å². The second-order valence-corrected chi connectivity index (χ2v) is 6.48. The van der Waals surface area contributed by atoms with Gasteiger partial charge in [-0.25, -0.2) is 8.42 Å². The fourth-order valence-corrected chi connectivity index (χ4v) is 1.88. The first-order chi connectivity index (χ1) is 7.84. The molecule has 1 heterocycles. The molecule has 0 saturated carbocycles. The van der Waals surface area contributed by atoms with Crippen LogP contribution in [0.15, 0.2) is 17.2 Å². The maximum absolute atomic E-state index is 11.6. The molecule has 0 saturated heterocycles. The summed E-state index contributed by atoms with van der Waals surface area (Å²) in [6, 6.07) is 1.22. The molecule has 1 aromatic heterocycles. The number of halogens is 1. The summed E-state index contributed by atoms with van der Waals surface area (Å²) in [5.74, 6) is 0.0435. The first kappa shape index (κ1) is 14.1. The van der Waals surface area contributed by atoms with E-state index in [1.807, 2.05) is 13.8 Å². The monoisotopic (exact) mass is 278 g/mol. The average Bonchev–Trinajstić information content (AvgIpc) is 2.74. The molecule has 96 valence electrons. The summed E-state index contributed by atoms with van der Waals surface area (Å²) < 4.78 is 22.0. The maximum Gasteiger partial charge on any atom is 0.267 e. The van der Waals surface area contributed by atoms with Crippen LogP contribution in [0.25, 0.3) is 0 Å². The highest BCUT2D eigenvalue weighted by molar-refractivity contribution is 8.13. The number of amides is 1. The molecule has 0 radical (unpaired) electrons. The van der Waals surface area contributed by atoms with Crippen LogP contribution in [0.3, 0.4) is 0 Å². The van der Waals surface area contributed by atoms with Crippen molar-refractivity contribution in [3.8, 4) is 0 Å². The van der Waals surface area contributed by atoms with Crippen molar-refractivity contribution in [1.29, 1.82) is 0 Å². The molecule has 0 bridgehead atoms. The highest BCUT2D eigenvalue weighted by Crippen LogP contribution is 2.15. The summed E-state index contributed by atoms with van der Waals surface area (Å²) >= 11 is 0. The van der Waals surface area contributed by atoms with Crippen LogP contribution in [-0.4, -0.2) is 25.9 Å². The van der Waals surface area contributed by atoms with Crippen molar-refractivity contribution >= 4 is 25.6 Å². The van der Waals surface area contributed by atoms with Crippen molar-refractivity contribution in [3.05, 3.63) is 18.0 Å². The minimum absolute atomic E-state index is 0.104. The van der Waals surface area contributed by atoms with Crippen molar-refractivity contribution in [2.24, 2.45) is 5.92 Å².